The molecule has 0 saturated carbocycles. The number of esters is 1. The highest BCUT2D eigenvalue weighted by Gasteiger charge is 2.32. The summed E-state index contributed by atoms with van der Waals surface area (Å²) in [7, 11) is 1.31. The van der Waals surface area contributed by atoms with Gasteiger partial charge in [-0.25, -0.2) is 0 Å². The first-order chi connectivity index (χ1) is 9.40. The minimum atomic E-state index is -0.718. The lowest BCUT2D eigenvalue weighted by atomic mass is 9.94. The van der Waals surface area contributed by atoms with Crippen LogP contribution in [0.4, 0.5) is 0 Å². The van der Waals surface area contributed by atoms with Crippen LogP contribution in [0.2, 0.25) is 0 Å². The van der Waals surface area contributed by atoms with Gasteiger partial charge in [-0.15, -0.1) is 11.6 Å². The second-order valence-corrected chi connectivity index (χ2v) is 5.51. The van der Waals surface area contributed by atoms with Crippen molar-refractivity contribution in [2.75, 3.05) is 19.5 Å². The van der Waals surface area contributed by atoms with E-state index in [9.17, 15) is 9.59 Å². The third-order valence-corrected chi connectivity index (χ3v) is 3.63. The van der Waals surface area contributed by atoms with Gasteiger partial charge in [-0.3, -0.25) is 9.59 Å². The van der Waals surface area contributed by atoms with Crippen molar-refractivity contribution in [2.45, 2.75) is 20.4 Å². The molecule has 0 saturated heterocycles. The molecule has 0 unspecified atom stereocenters. The Bertz CT molecular complexity index is 459. The number of methoxy groups -OCH3 is 1. The van der Waals surface area contributed by atoms with Crippen LogP contribution >= 0.6 is 11.6 Å². The molecule has 5 heteroatoms. The highest BCUT2D eigenvalue weighted by atomic mass is 35.5. The molecule has 110 valence electrons. The van der Waals surface area contributed by atoms with Crippen molar-refractivity contribution in [2.24, 2.45) is 5.41 Å². The highest BCUT2D eigenvalue weighted by molar-refractivity contribution is 6.19. The van der Waals surface area contributed by atoms with Crippen LogP contribution in [0.25, 0.3) is 0 Å². The number of hydrogen-bond donors (Lipinski definition) is 0. The molecule has 0 heterocycles. The molecule has 0 aliphatic heterocycles. The van der Waals surface area contributed by atoms with E-state index in [4.69, 9.17) is 11.6 Å². The van der Waals surface area contributed by atoms with Crippen molar-refractivity contribution in [3.63, 3.8) is 0 Å². The van der Waals surface area contributed by atoms with Crippen LogP contribution in [0.1, 0.15) is 19.4 Å². The van der Waals surface area contributed by atoms with E-state index in [1.54, 1.807) is 13.8 Å². The first kappa shape index (κ1) is 16.5. The van der Waals surface area contributed by atoms with Crippen molar-refractivity contribution in [1.29, 1.82) is 0 Å². The average Bonchev–Trinajstić information content (AvgIpc) is 2.46. The standard InChI is InChI=1S/C15H20ClNO3/c1-15(2,11-16)14(19)17(10-13(18)20-3)9-12-7-5-4-6-8-12/h4-8H,9-11H2,1-3H3. The number of amides is 1. The van der Waals surface area contributed by atoms with Crippen LogP contribution < -0.4 is 0 Å². The maximum atomic E-state index is 12.5. The summed E-state index contributed by atoms with van der Waals surface area (Å²) >= 11 is 5.84. The topological polar surface area (TPSA) is 46.6 Å². The number of hydrogen-bond acceptors (Lipinski definition) is 3. The number of ether oxygens (including phenoxy) is 1. The Balaban J connectivity index is 2.91. The van der Waals surface area contributed by atoms with Gasteiger partial charge in [0.15, 0.2) is 0 Å². The predicted octanol–water partition coefficient (Wildman–Crippen LogP) is 2.45. The van der Waals surface area contributed by atoms with E-state index >= 15 is 0 Å². The molecule has 1 aromatic carbocycles. The van der Waals surface area contributed by atoms with Gasteiger partial charge in [0.05, 0.1) is 12.5 Å². The molecule has 0 bridgehead atoms. The first-order valence-electron chi connectivity index (χ1n) is 6.37. The molecule has 20 heavy (non-hydrogen) atoms. The number of rotatable bonds is 6. The van der Waals surface area contributed by atoms with Crippen LogP contribution in [0.3, 0.4) is 0 Å². The molecule has 0 radical (unpaired) electrons. The van der Waals surface area contributed by atoms with E-state index in [2.05, 4.69) is 4.74 Å². The van der Waals surface area contributed by atoms with Crippen molar-refractivity contribution < 1.29 is 14.3 Å². The molecule has 4 nitrogen and oxygen atoms in total. The fraction of sp³-hybridized carbons (Fsp3) is 0.467. The van der Waals surface area contributed by atoms with Gasteiger partial charge in [0.25, 0.3) is 0 Å². The maximum Gasteiger partial charge on any atom is 0.325 e. The molecule has 0 N–H and O–H groups in total. The molecule has 0 fully saturated rings. The van der Waals surface area contributed by atoms with Gasteiger partial charge < -0.3 is 9.64 Å². The Morgan fingerprint density at radius 1 is 1.25 bits per heavy atom. The van der Waals surface area contributed by atoms with Crippen LogP contribution in [-0.2, 0) is 20.9 Å². The van der Waals surface area contributed by atoms with Crippen molar-refractivity contribution >= 4 is 23.5 Å². The Morgan fingerprint density at radius 3 is 2.35 bits per heavy atom. The highest BCUT2D eigenvalue weighted by Crippen LogP contribution is 2.22. The van der Waals surface area contributed by atoms with E-state index in [1.807, 2.05) is 30.3 Å². The fourth-order valence-electron chi connectivity index (χ4n) is 1.71. The van der Waals surface area contributed by atoms with E-state index < -0.39 is 11.4 Å². The number of benzene rings is 1. The molecule has 1 aromatic rings. The maximum absolute atomic E-state index is 12.5. The van der Waals surface area contributed by atoms with Crippen molar-refractivity contribution in [3.05, 3.63) is 35.9 Å². The lowest BCUT2D eigenvalue weighted by Gasteiger charge is -2.30. The second kappa shape index (κ2) is 7.29. The fourth-order valence-corrected chi connectivity index (χ4v) is 1.82. The van der Waals surface area contributed by atoms with Crippen LogP contribution in [0, 0.1) is 5.41 Å². The summed E-state index contributed by atoms with van der Waals surface area (Å²) in [5.41, 5.74) is 0.236. The Kier molecular flexibility index (Phi) is 6.02. The van der Waals surface area contributed by atoms with Gasteiger partial charge in [0, 0.05) is 12.4 Å². The molecule has 0 aliphatic carbocycles. The summed E-state index contributed by atoms with van der Waals surface area (Å²) < 4.78 is 4.65. The minimum absolute atomic E-state index is 0.0788. The molecule has 0 aromatic heterocycles. The van der Waals surface area contributed by atoms with Gasteiger partial charge in [-0.2, -0.15) is 0 Å². The zero-order valence-corrected chi connectivity index (χ0v) is 12.8. The third-order valence-electron chi connectivity index (χ3n) is 2.96. The van der Waals surface area contributed by atoms with Crippen molar-refractivity contribution in [3.8, 4) is 0 Å². The van der Waals surface area contributed by atoms with Gasteiger partial charge in [0.2, 0.25) is 5.91 Å². The van der Waals surface area contributed by atoms with Gasteiger partial charge in [-0.05, 0) is 19.4 Å². The average molecular weight is 298 g/mol. The van der Waals surface area contributed by atoms with Gasteiger partial charge >= 0.3 is 5.97 Å². The quantitative estimate of drug-likeness (QED) is 0.598. The summed E-state index contributed by atoms with van der Waals surface area (Å²) in [5, 5.41) is 0. The lowest BCUT2D eigenvalue weighted by molar-refractivity contribution is -0.150. The summed E-state index contributed by atoms with van der Waals surface area (Å²) in [5.74, 6) is -0.417. The van der Waals surface area contributed by atoms with E-state index in [0.717, 1.165) is 5.56 Å². The summed E-state index contributed by atoms with van der Waals surface area (Å²) in [4.78, 5) is 25.4. The molecule has 0 spiro atoms. The minimum Gasteiger partial charge on any atom is -0.468 e. The van der Waals surface area contributed by atoms with E-state index in [1.165, 1.54) is 12.0 Å². The molecule has 1 amide bonds. The Hall–Kier alpha value is -1.55. The van der Waals surface area contributed by atoms with Crippen LogP contribution in [0.5, 0.6) is 0 Å². The molecular formula is C15H20ClNO3. The Labute approximate surface area is 124 Å². The first-order valence-corrected chi connectivity index (χ1v) is 6.90. The number of halogens is 1. The summed E-state index contributed by atoms with van der Waals surface area (Å²) in [6.45, 7) is 3.80. The number of carbonyl (C=O) groups is 2. The number of alkyl halides is 1. The zero-order chi connectivity index (χ0) is 15.2. The summed E-state index contributed by atoms with van der Waals surface area (Å²) in [6.07, 6.45) is 0. The van der Waals surface area contributed by atoms with E-state index in [0.29, 0.717) is 6.54 Å². The number of carbonyl (C=O) groups excluding carboxylic acids is 2. The third kappa shape index (κ3) is 4.53. The normalized spacial score (nSPS) is 11.0. The summed E-state index contributed by atoms with van der Waals surface area (Å²) in [6, 6.07) is 9.50. The largest absolute Gasteiger partial charge is 0.468 e. The van der Waals surface area contributed by atoms with Gasteiger partial charge in [-0.1, -0.05) is 30.3 Å². The smallest absolute Gasteiger partial charge is 0.325 e. The molecule has 1 rings (SSSR count). The Morgan fingerprint density at radius 2 is 1.85 bits per heavy atom. The van der Waals surface area contributed by atoms with E-state index in [-0.39, 0.29) is 18.3 Å². The lowest BCUT2D eigenvalue weighted by Crippen LogP contribution is -2.44. The monoisotopic (exact) mass is 297 g/mol. The van der Waals surface area contributed by atoms with Crippen molar-refractivity contribution in [1.82, 2.24) is 4.90 Å². The van der Waals surface area contributed by atoms with Gasteiger partial charge in [0.1, 0.15) is 6.54 Å². The second-order valence-electron chi connectivity index (χ2n) is 5.24. The molecule has 0 atom stereocenters. The van der Waals surface area contributed by atoms with Crippen LogP contribution in [0.15, 0.2) is 30.3 Å². The number of nitrogens with zero attached hydrogens (tertiary/aromatic N) is 1. The predicted molar refractivity (Wildman–Crippen MR) is 78.4 cm³/mol. The molecular weight excluding hydrogens is 278 g/mol. The SMILES string of the molecule is COC(=O)CN(Cc1ccccc1)C(=O)C(C)(C)CCl. The van der Waals surface area contributed by atoms with Crippen LogP contribution in [-0.4, -0.2) is 36.3 Å². The molecule has 0 aliphatic rings. The zero-order valence-electron chi connectivity index (χ0n) is 12.1.